The summed E-state index contributed by atoms with van der Waals surface area (Å²) in [5.74, 6) is 0. The molecular weight excluding hydrogens is 212 g/mol. The van der Waals surface area contributed by atoms with Crippen LogP contribution in [0, 0.1) is 6.92 Å². The molecule has 0 aliphatic heterocycles. The highest BCUT2D eigenvalue weighted by Crippen LogP contribution is 2.37. The maximum atomic E-state index is 10.4. The lowest BCUT2D eigenvalue weighted by Gasteiger charge is -2.13. The highest BCUT2D eigenvalue weighted by molar-refractivity contribution is 5.28. The van der Waals surface area contributed by atoms with Crippen LogP contribution in [0.2, 0.25) is 0 Å². The molecule has 1 heterocycles. The van der Waals surface area contributed by atoms with E-state index in [1.807, 2.05) is 37.5 Å². The maximum absolute atomic E-state index is 10.4. The summed E-state index contributed by atoms with van der Waals surface area (Å²) in [6.07, 6.45) is 5.42. The normalized spacial score (nSPS) is 17.1. The minimum absolute atomic E-state index is 0.549. The lowest BCUT2D eigenvalue weighted by atomic mass is 10.1. The van der Waals surface area contributed by atoms with E-state index >= 15 is 0 Å². The topological polar surface area (TPSA) is 38.1 Å². The van der Waals surface area contributed by atoms with E-state index in [1.165, 1.54) is 18.4 Å². The van der Waals surface area contributed by atoms with Gasteiger partial charge >= 0.3 is 0 Å². The number of aromatic nitrogens is 2. The quantitative estimate of drug-likeness (QED) is 0.877. The first-order valence-corrected chi connectivity index (χ1v) is 6.02. The van der Waals surface area contributed by atoms with Crippen LogP contribution in [0.15, 0.2) is 36.8 Å². The van der Waals surface area contributed by atoms with Gasteiger partial charge < -0.3 is 9.67 Å². The van der Waals surface area contributed by atoms with Gasteiger partial charge in [-0.3, -0.25) is 0 Å². The van der Waals surface area contributed by atoms with Gasteiger partial charge in [0, 0.05) is 6.04 Å². The molecule has 0 saturated heterocycles. The van der Waals surface area contributed by atoms with Crippen molar-refractivity contribution in [3.63, 3.8) is 0 Å². The molecule has 1 fully saturated rings. The molecule has 3 rings (SSSR count). The van der Waals surface area contributed by atoms with Gasteiger partial charge in [0.15, 0.2) is 0 Å². The first-order chi connectivity index (χ1) is 8.25. The van der Waals surface area contributed by atoms with Crippen molar-refractivity contribution in [2.24, 2.45) is 0 Å². The maximum Gasteiger partial charge on any atom is 0.121 e. The number of hydrogen-bond donors (Lipinski definition) is 1. The van der Waals surface area contributed by atoms with Crippen molar-refractivity contribution in [3.8, 4) is 0 Å². The molecule has 2 aromatic rings. The van der Waals surface area contributed by atoms with Crippen LogP contribution in [-0.2, 0) is 0 Å². The van der Waals surface area contributed by atoms with Gasteiger partial charge in [-0.05, 0) is 25.3 Å². The van der Waals surface area contributed by atoms with Crippen molar-refractivity contribution in [1.82, 2.24) is 9.55 Å². The molecule has 17 heavy (non-hydrogen) atoms. The van der Waals surface area contributed by atoms with Crippen molar-refractivity contribution < 1.29 is 5.11 Å². The van der Waals surface area contributed by atoms with Crippen molar-refractivity contribution in [1.29, 1.82) is 0 Å². The van der Waals surface area contributed by atoms with Crippen LogP contribution in [0.1, 0.15) is 41.8 Å². The summed E-state index contributed by atoms with van der Waals surface area (Å²) in [6.45, 7) is 2.05. The fourth-order valence-electron chi connectivity index (χ4n) is 2.10. The lowest BCUT2D eigenvalue weighted by molar-refractivity contribution is 0.210. The second-order valence-corrected chi connectivity index (χ2v) is 4.77. The number of aliphatic hydroxyl groups is 1. The molecule has 0 spiro atoms. The van der Waals surface area contributed by atoms with Gasteiger partial charge in [-0.15, -0.1) is 0 Å². The van der Waals surface area contributed by atoms with Crippen molar-refractivity contribution in [2.45, 2.75) is 31.9 Å². The summed E-state index contributed by atoms with van der Waals surface area (Å²) >= 11 is 0. The molecule has 1 aromatic heterocycles. The molecule has 1 aliphatic carbocycles. The Bertz CT molecular complexity index is 511. The number of imidazole rings is 1. The lowest BCUT2D eigenvalue weighted by Crippen LogP contribution is -2.07. The van der Waals surface area contributed by atoms with Crippen molar-refractivity contribution >= 4 is 0 Å². The highest BCUT2D eigenvalue weighted by Gasteiger charge is 2.27. The fraction of sp³-hybridized carbons (Fsp3) is 0.357. The monoisotopic (exact) mass is 228 g/mol. The third-order valence-electron chi connectivity index (χ3n) is 3.31. The minimum atomic E-state index is -0.571. The Morgan fingerprint density at radius 3 is 2.65 bits per heavy atom. The summed E-state index contributed by atoms with van der Waals surface area (Å²) in [5.41, 5.74) is 3.03. The second kappa shape index (κ2) is 4.00. The van der Waals surface area contributed by atoms with Crippen LogP contribution >= 0.6 is 0 Å². The Morgan fingerprint density at radius 1 is 1.29 bits per heavy atom. The van der Waals surface area contributed by atoms with E-state index in [1.54, 1.807) is 6.20 Å². The van der Waals surface area contributed by atoms with Gasteiger partial charge in [-0.25, -0.2) is 4.98 Å². The van der Waals surface area contributed by atoms with Crippen LogP contribution in [0.5, 0.6) is 0 Å². The number of benzene rings is 1. The zero-order valence-corrected chi connectivity index (χ0v) is 9.87. The van der Waals surface area contributed by atoms with Crippen LogP contribution in [-0.4, -0.2) is 14.7 Å². The van der Waals surface area contributed by atoms with E-state index in [2.05, 4.69) is 9.55 Å². The summed E-state index contributed by atoms with van der Waals surface area (Å²) in [7, 11) is 0. The molecule has 1 atom stereocenters. The summed E-state index contributed by atoms with van der Waals surface area (Å²) in [6, 6.07) is 8.55. The Kier molecular flexibility index (Phi) is 2.48. The van der Waals surface area contributed by atoms with Gasteiger partial charge in [-0.1, -0.05) is 29.8 Å². The Morgan fingerprint density at radius 2 is 2.00 bits per heavy atom. The van der Waals surface area contributed by atoms with Gasteiger partial charge in [0.2, 0.25) is 0 Å². The zero-order valence-electron chi connectivity index (χ0n) is 9.87. The largest absolute Gasteiger partial charge is 0.382 e. The van der Waals surface area contributed by atoms with E-state index in [0.717, 1.165) is 11.3 Å². The van der Waals surface area contributed by atoms with Gasteiger partial charge in [-0.2, -0.15) is 0 Å². The molecule has 0 amide bonds. The highest BCUT2D eigenvalue weighted by atomic mass is 16.3. The van der Waals surface area contributed by atoms with E-state index < -0.39 is 6.10 Å². The van der Waals surface area contributed by atoms with Crippen LogP contribution in [0.25, 0.3) is 0 Å². The first kappa shape index (κ1) is 10.5. The molecule has 0 radical (unpaired) electrons. The molecule has 1 saturated carbocycles. The standard InChI is InChI=1S/C14H16N2O/c1-10-2-4-11(5-3-10)14(17)13-8-15-9-16(13)12-6-7-12/h2-5,8-9,12,14,17H,6-7H2,1H3. The summed E-state index contributed by atoms with van der Waals surface area (Å²) in [5, 5.41) is 10.4. The summed E-state index contributed by atoms with van der Waals surface area (Å²) in [4.78, 5) is 4.15. The van der Waals surface area contributed by atoms with Gasteiger partial charge in [0.05, 0.1) is 18.2 Å². The predicted molar refractivity (Wildman–Crippen MR) is 65.7 cm³/mol. The number of hydrogen-bond acceptors (Lipinski definition) is 2. The molecule has 1 unspecified atom stereocenters. The molecule has 1 aliphatic rings. The molecule has 88 valence electrons. The molecule has 1 N–H and O–H groups in total. The van der Waals surface area contributed by atoms with Crippen molar-refractivity contribution in [3.05, 3.63) is 53.6 Å². The third kappa shape index (κ3) is 1.98. The summed E-state index contributed by atoms with van der Waals surface area (Å²) < 4.78 is 2.10. The van der Waals surface area contributed by atoms with E-state index in [0.29, 0.717) is 6.04 Å². The smallest absolute Gasteiger partial charge is 0.121 e. The van der Waals surface area contributed by atoms with E-state index in [9.17, 15) is 5.11 Å². The number of aryl methyl sites for hydroxylation is 1. The van der Waals surface area contributed by atoms with E-state index in [-0.39, 0.29) is 0 Å². The van der Waals surface area contributed by atoms with Crippen LogP contribution in [0.3, 0.4) is 0 Å². The number of aliphatic hydroxyl groups excluding tert-OH is 1. The molecule has 3 heteroatoms. The van der Waals surface area contributed by atoms with E-state index in [4.69, 9.17) is 0 Å². The number of nitrogens with zero attached hydrogens (tertiary/aromatic N) is 2. The third-order valence-corrected chi connectivity index (χ3v) is 3.31. The molecule has 0 bridgehead atoms. The number of rotatable bonds is 3. The van der Waals surface area contributed by atoms with Gasteiger partial charge in [0.25, 0.3) is 0 Å². The Labute approximate surface area is 101 Å². The van der Waals surface area contributed by atoms with Gasteiger partial charge in [0.1, 0.15) is 6.10 Å². The predicted octanol–water partition coefficient (Wildman–Crippen LogP) is 2.61. The molecule has 1 aromatic carbocycles. The zero-order chi connectivity index (χ0) is 11.8. The van der Waals surface area contributed by atoms with Crippen molar-refractivity contribution in [2.75, 3.05) is 0 Å². The first-order valence-electron chi connectivity index (χ1n) is 6.02. The average molecular weight is 228 g/mol. The van der Waals surface area contributed by atoms with Crippen LogP contribution in [0.4, 0.5) is 0 Å². The SMILES string of the molecule is Cc1ccc(C(O)c2cncn2C2CC2)cc1. The molecule has 3 nitrogen and oxygen atoms in total. The Balaban J connectivity index is 1.92. The average Bonchev–Trinajstić information content (AvgIpc) is 3.07. The minimum Gasteiger partial charge on any atom is -0.382 e. The van der Waals surface area contributed by atoms with Crippen LogP contribution < -0.4 is 0 Å². The Hall–Kier alpha value is -1.61. The molecular formula is C14H16N2O. The fourth-order valence-corrected chi connectivity index (χ4v) is 2.10. The second-order valence-electron chi connectivity index (χ2n) is 4.77.